The number of nitrogens with zero attached hydrogens (tertiary/aromatic N) is 3. The number of amides is 1. The molecule has 0 radical (unpaired) electrons. The maximum Gasteiger partial charge on any atom is 0.280 e. The van der Waals surface area contributed by atoms with Crippen LogP contribution in [0.4, 0.5) is 11.5 Å². The van der Waals surface area contributed by atoms with E-state index in [4.69, 9.17) is 5.73 Å². The van der Waals surface area contributed by atoms with Crippen molar-refractivity contribution in [1.29, 1.82) is 0 Å². The SMILES string of the molecule is Cc1cccc(NC(=O)c2nnn(Cc3ccc(C(C)C)cc3)c2N)c1. The number of benzene rings is 2. The van der Waals surface area contributed by atoms with Crippen LogP contribution >= 0.6 is 0 Å². The summed E-state index contributed by atoms with van der Waals surface area (Å²) in [5, 5.41) is 10.8. The van der Waals surface area contributed by atoms with Crippen LogP contribution in [0.25, 0.3) is 0 Å². The van der Waals surface area contributed by atoms with Crippen molar-refractivity contribution < 1.29 is 4.79 Å². The smallest absolute Gasteiger partial charge is 0.280 e. The minimum Gasteiger partial charge on any atom is -0.382 e. The van der Waals surface area contributed by atoms with E-state index in [1.165, 1.54) is 10.2 Å². The van der Waals surface area contributed by atoms with Crippen molar-refractivity contribution >= 4 is 17.4 Å². The van der Waals surface area contributed by atoms with E-state index in [1.807, 2.05) is 43.3 Å². The van der Waals surface area contributed by atoms with Gasteiger partial charge in [0.15, 0.2) is 11.5 Å². The second-order valence-electron chi connectivity index (χ2n) is 6.70. The third-order valence-electron chi connectivity index (χ3n) is 4.24. The van der Waals surface area contributed by atoms with E-state index in [1.54, 1.807) is 0 Å². The summed E-state index contributed by atoms with van der Waals surface area (Å²) < 4.78 is 1.54. The average molecular weight is 349 g/mol. The Morgan fingerprint density at radius 2 is 1.92 bits per heavy atom. The van der Waals surface area contributed by atoms with Gasteiger partial charge in [0.1, 0.15) is 0 Å². The van der Waals surface area contributed by atoms with Gasteiger partial charge in [-0.15, -0.1) is 5.10 Å². The fourth-order valence-electron chi connectivity index (χ4n) is 2.69. The van der Waals surface area contributed by atoms with Crippen LogP contribution in [0.2, 0.25) is 0 Å². The Morgan fingerprint density at radius 1 is 1.19 bits per heavy atom. The van der Waals surface area contributed by atoms with Gasteiger partial charge in [0.2, 0.25) is 0 Å². The first-order valence-electron chi connectivity index (χ1n) is 8.60. The molecule has 3 aromatic rings. The predicted molar refractivity (Wildman–Crippen MR) is 103 cm³/mol. The lowest BCUT2D eigenvalue weighted by atomic mass is 10.0. The highest BCUT2D eigenvalue weighted by atomic mass is 16.2. The highest BCUT2D eigenvalue weighted by molar-refractivity contribution is 6.05. The maximum atomic E-state index is 12.4. The summed E-state index contributed by atoms with van der Waals surface area (Å²) in [6.45, 7) is 6.74. The lowest BCUT2D eigenvalue weighted by Crippen LogP contribution is -2.15. The molecule has 0 aliphatic carbocycles. The molecule has 3 rings (SSSR count). The summed E-state index contributed by atoms with van der Waals surface area (Å²) in [5.41, 5.74) is 10.3. The first kappa shape index (κ1) is 17.7. The molecule has 0 aliphatic rings. The Hall–Kier alpha value is -3.15. The Labute approximate surface area is 153 Å². The Balaban J connectivity index is 1.73. The fourth-order valence-corrected chi connectivity index (χ4v) is 2.69. The first-order chi connectivity index (χ1) is 12.4. The lowest BCUT2D eigenvalue weighted by Gasteiger charge is -2.08. The van der Waals surface area contributed by atoms with Crippen LogP contribution in [0.15, 0.2) is 48.5 Å². The summed E-state index contributed by atoms with van der Waals surface area (Å²) in [5.74, 6) is 0.370. The predicted octanol–water partition coefficient (Wildman–Crippen LogP) is 3.59. The van der Waals surface area contributed by atoms with Crippen molar-refractivity contribution in [2.75, 3.05) is 11.1 Å². The van der Waals surface area contributed by atoms with Gasteiger partial charge in [0.25, 0.3) is 5.91 Å². The van der Waals surface area contributed by atoms with E-state index in [-0.39, 0.29) is 17.4 Å². The van der Waals surface area contributed by atoms with Crippen LogP contribution in [-0.4, -0.2) is 20.9 Å². The molecule has 1 aromatic heterocycles. The van der Waals surface area contributed by atoms with Gasteiger partial charge in [0, 0.05) is 5.69 Å². The van der Waals surface area contributed by atoms with Crippen molar-refractivity contribution in [2.45, 2.75) is 33.2 Å². The van der Waals surface area contributed by atoms with Gasteiger partial charge in [-0.3, -0.25) is 4.79 Å². The monoisotopic (exact) mass is 349 g/mol. The third-order valence-corrected chi connectivity index (χ3v) is 4.24. The molecule has 0 atom stereocenters. The summed E-state index contributed by atoms with van der Waals surface area (Å²) in [6, 6.07) is 15.8. The quantitative estimate of drug-likeness (QED) is 0.737. The topological polar surface area (TPSA) is 85.8 Å². The number of carbonyl (C=O) groups excluding carboxylic acids is 1. The summed E-state index contributed by atoms with van der Waals surface area (Å²) >= 11 is 0. The fraction of sp³-hybridized carbons (Fsp3) is 0.250. The minimum atomic E-state index is -0.366. The molecule has 3 N–H and O–H groups in total. The number of carbonyl (C=O) groups is 1. The first-order valence-corrected chi connectivity index (χ1v) is 8.60. The molecule has 6 heteroatoms. The second kappa shape index (κ2) is 7.39. The molecule has 0 unspecified atom stereocenters. The van der Waals surface area contributed by atoms with E-state index >= 15 is 0 Å². The van der Waals surface area contributed by atoms with Gasteiger partial charge in [-0.2, -0.15) is 0 Å². The van der Waals surface area contributed by atoms with Crippen molar-refractivity contribution in [1.82, 2.24) is 15.0 Å². The van der Waals surface area contributed by atoms with Crippen molar-refractivity contribution in [2.24, 2.45) is 0 Å². The molecule has 0 bridgehead atoms. The number of hydrogen-bond donors (Lipinski definition) is 2. The molecule has 2 aromatic carbocycles. The number of aromatic nitrogens is 3. The highest BCUT2D eigenvalue weighted by Gasteiger charge is 2.18. The van der Waals surface area contributed by atoms with Crippen molar-refractivity contribution in [3.63, 3.8) is 0 Å². The zero-order chi connectivity index (χ0) is 18.7. The van der Waals surface area contributed by atoms with Crippen LogP contribution < -0.4 is 11.1 Å². The molecule has 0 saturated heterocycles. The largest absolute Gasteiger partial charge is 0.382 e. The Morgan fingerprint density at radius 3 is 2.58 bits per heavy atom. The second-order valence-corrected chi connectivity index (χ2v) is 6.70. The van der Waals surface area contributed by atoms with Gasteiger partial charge in [-0.05, 0) is 41.7 Å². The standard InChI is InChI=1S/C20H23N5O/c1-13(2)16-9-7-15(8-10-16)12-25-19(21)18(23-24-25)20(26)22-17-6-4-5-14(3)11-17/h4-11,13H,12,21H2,1-3H3,(H,22,26). The van der Waals surface area contributed by atoms with E-state index in [0.717, 1.165) is 11.1 Å². The molecule has 0 spiro atoms. The number of nitrogen functional groups attached to an aromatic ring is 1. The van der Waals surface area contributed by atoms with Crippen LogP contribution in [0.5, 0.6) is 0 Å². The number of rotatable bonds is 5. The zero-order valence-corrected chi connectivity index (χ0v) is 15.2. The number of anilines is 2. The van der Waals surface area contributed by atoms with E-state index in [2.05, 4.69) is 41.6 Å². The van der Waals surface area contributed by atoms with Gasteiger partial charge < -0.3 is 11.1 Å². The van der Waals surface area contributed by atoms with E-state index < -0.39 is 0 Å². The summed E-state index contributed by atoms with van der Waals surface area (Å²) in [6.07, 6.45) is 0. The molecule has 0 aliphatic heterocycles. The maximum absolute atomic E-state index is 12.4. The molecule has 1 amide bonds. The Kier molecular flexibility index (Phi) is 5.02. The van der Waals surface area contributed by atoms with Crippen molar-refractivity contribution in [3.8, 4) is 0 Å². The zero-order valence-electron chi connectivity index (χ0n) is 15.2. The molecule has 0 fully saturated rings. The molecule has 134 valence electrons. The van der Waals surface area contributed by atoms with Crippen LogP contribution in [0.1, 0.15) is 46.9 Å². The Bertz CT molecular complexity index is 912. The normalized spacial score (nSPS) is 10.9. The molecule has 6 nitrogen and oxygen atoms in total. The van der Waals surface area contributed by atoms with Crippen LogP contribution in [0.3, 0.4) is 0 Å². The number of nitrogens with two attached hydrogens (primary N) is 1. The highest BCUT2D eigenvalue weighted by Crippen LogP contribution is 2.17. The van der Waals surface area contributed by atoms with Gasteiger partial charge >= 0.3 is 0 Å². The minimum absolute atomic E-state index is 0.130. The molecule has 0 saturated carbocycles. The van der Waals surface area contributed by atoms with E-state index in [0.29, 0.717) is 18.2 Å². The molecular weight excluding hydrogens is 326 g/mol. The molecule has 26 heavy (non-hydrogen) atoms. The third kappa shape index (κ3) is 3.91. The summed E-state index contributed by atoms with van der Waals surface area (Å²) in [7, 11) is 0. The van der Waals surface area contributed by atoms with Crippen LogP contribution in [0, 0.1) is 6.92 Å². The van der Waals surface area contributed by atoms with E-state index in [9.17, 15) is 4.79 Å². The van der Waals surface area contributed by atoms with Gasteiger partial charge in [-0.1, -0.05) is 55.5 Å². The molecule has 1 heterocycles. The summed E-state index contributed by atoms with van der Waals surface area (Å²) in [4.78, 5) is 12.4. The average Bonchev–Trinajstić information content (AvgIpc) is 2.96. The lowest BCUT2D eigenvalue weighted by molar-refractivity contribution is 0.102. The molecular formula is C20H23N5O. The number of nitrogens with one attached hydrogen (secondary N) is 1. The van der Waals surface area contributed by atoms with Gasteiger partial charge in [0.05, 0.1) is 6.54 Å². The number of hydrogen-bond acceptors (Lipinski definition) is 4. The van der Waals surface area contributed by atoms with Gasteiger partial charge in [-0.25, -0.2) is 4.68 Å². The van der Waals surface area contributed by atoms with Crippen LogP contribution in [-0.2, 0) is 6.54 Å². The number of aryl methyl sites for hydroxylation is 1. The van der Waals surface area contributed by atoms with Crippen molar-refractivity contribution in [3.05, 3.63) is 70.9 Å².